The summed E-state index contributed by atoms with van der Waals surface area (Å²) in [6.45, 7) is 6.65. The van der Waals surface area contributed by atoms with E-state index in [-0.39, 0.29) is 5.69 Å². The summed E-state index contributed by atoms with van der Waals surface area (Å²) in [5, 5.41) is 9.19. The molecule has 116 valence electrons. The van der Waals surface area contributed by atoms with Gasteiger partial charge < -0.3 is 9.84 Å². The van der Waals surface area contributed by atoms with E-state index < -0.39 is 11.9 Å². The molecule has 1 aliphatic carbocycles. The van der Waals surface area contributed by atoms with Crippen molar-refractivity contribution in [3.05, 3.63) is 27.4 Å². The molecule has 1 N–H and O–H groups in total. The van der Waals surface area contributed by atoms with Crippen LogP contribution in [0.15, 0.2) is 4.79 Å². The van der Waals surface area contributed by atoms with Crippen LogP contribution in [0.4, 0.5) is 0 Å². The van der Waals surface area contributed by atoms with Crippen molar-refractivity contribution < 1.29 is 14.6 Å². The van der Waals surface area contributed by atoms with Gasteiger partial charge in [0.2, 0.25) is 0 Å². The molecule has 21 heavy (non-hydrogen) atoms. The van der Waals surface area contributed by atoms with Gasteiger partial charge in [-0.05, 0) is 39.5 Å². The number of hydrogen-bond acceptors (Lipinski definition) is 4. The third-order valence-electron chi connectivity index (χ3n) is 3.99. The van der Waals surface area contributed by atoms with Crippen molar-refractivity contribution in [2.24, 2.45) is 5.92 Å². The van der Waals surface area contributed by atoms with Gasteiger partial charge >= 0.3 is 11.7 Å². The van der Waals surface area contributed by atoms with Gasteiger partial charge in [0.1, 0.15) is 0 Å². The van der Waals surface area contributed by atoms with Gasteiger partial charge in [-0.3, -0.25) is 9.36 Å². The third kappa shape index (κ3) is 3.69. The van der Waals surface area contributed by atoms with Crippen molar-refractivity contribution in [1.29, 1.82) is 0 Å². The zero-order valence-electron chi connectivity index (χ0n) is 12.8. The number of aliphatic carboxylic acids is 1. The lowest BCUT2D eigenvalue weighted by Gasteiger charge is -2.18. The average Bonchev–Trinajstić information content (AvgIpc) is 3.21. The number of carboxylic acid groups (broad SMARTS) is 1. The molecule has 2 rings (SSSR count). The fraction of sp³-hybridized carbons (Fsp3) is 0.667. The molecule has 6 nitrogen and oxygen atoms in total. The first-order chi connectivity index (χ1) is 9.91. The fourth-order valence-corrected chi connectivity index (χ4v) is 2.52. The Morgan fingerprint density at radius 1 is 1.48 bits per heavy atom. The standard InChI is InChI=1S/C15H22N2O4/c1-9(14(18)19)13-10(2)16-15(20)17(11(13)3)6-7-21-8-12-4-5-12/h9,12H,4-8H2,1-3H3,(H,18,19). The van der Waals surface area contributed by atoms with Crippen LogP contribution in [0.5, 0.6) is 0 Å². The van der Waals surface area contributed by atoms with E-state index in [1.165, 1.54) is 17.4 Å². The highest BCUT2D eigenvalue weighted by atomic mass is 16.5. The number of carboxylic acids is 1. The van der Waals surface area contributed by atoms with E-state index in [0.29, 0.717) is 36.0 Å². The van der Waals surface area contributed by atoms with E-state index in [0.717, 1.165) is 6.61 Å². The fourth-order valence-electron chi connectivity index (χ4n) is 2.52. The summed E-state index contributed by atoms with van der Waals surface area (Å²) in [5.74, 6) is -0.920. The second-order valence-corrected chi connectivity index (χ2v) is 5.71. The van der Waals surface area contributed by atoms with Crippen LogP contribution in [-0.2, 0) is 16.1 Å². The normalized spacial score (nSPS) is 16.0. The molecule has 1 aromatic rings. The average molecular weight is 294 g/mol. The largest absolute Gasteiger partial charge is 0.481 e. The Hall–Kier alpha value is -1.69. The molecule has 0 aliphatic heterocycles. The Morgan fingerprint density at radius 3 is 2.71 bits per heavy atom. The highest BCUT2D eigenvalue weighted by molar-refractivity contribution is 5.76. The minimum atomic E-state index is -0.918. The van der Waals surface area contributed by atoms with Gasteiger partial charge in [0.05, 0.1) is 19.1 Å². The number of aromatic nitrogens is 2. The third-order valence-corrected chi connectivity index (χ3v) is 3.99. The molecule has 1 fully saturated rings. The smallest absolute Gasteiger partial charge is 0.348 e. The van der Waals surface area contributed by atoms with Gasteiger partial charge in [-0.15, -0.1) is 0 Å². The number of ether oxygens (including phenoxy) is 1. The lowest BCUT2D eigenvalue weighted by Crippen LogP contribution is -2.30. The summed E-state index contributed by atoms with van der Waals surface area (Å²) in [5.41, 5.74) is 1.42. The topological polar surface area (TPSA) is 81.4 Å². The predicted octanol–water partition coefficient (Wildman–Crippen LogP) is 1.47. The van der Waals surface area contributed by atoms with Crippen LogP contribution in [0, 0.1) is 19.8 Å². The molecular weight excluding hydrogens is 272 g/mol. The van der Waals surface area contributed by atoms with E-state index >= 15 is 0 Å². The summed E-state index contributed by atoms with van der Waals surface area (Å²) >= 11 is 0. The first-order valence-electron chi connectivity index (χ1n) is 7.30. The predicted molar refractivity (Wildman–Crippen MR) is 77.6 cm³/mol. The number of carbonyl (C=O) groups is 1. The Balaban J connectivity index is 2.17. The van der Waals surface area contributed by atoms with Crippen LogP contribution in [0.3, 0.4) is 0 Å². The summed E-state index contributed by atoms with van der Waals surface area (Å²) < 4.78 is 7.05. The van der Waals surface area contributed by atoms with Gasteiger partial charge in [0.15, 0.2) is 0 Å². The maximum atomic E-state index is 12.0. The monoisotopic (exact) mass is 294 g/mol. The Kier molecular flexibility index (Phi) is 4.77. The SMILES string of the molecule is Cc1nc(=O)n(CCOCC2CC2)c(C)c1C(C)C(=O)O. The molecule has 1 atom stereocenters. The lowest BCUT2D eigenvalue weighted by atomic mass is 9.98. The van der Waals surface area contributed by atoms with Gasteiger partial charge in [-0.2, -0.15) is 4.98 Å². The van der Waals surface area contributed by atoms with Gasteiger partial charge in [-0.1, -0.05) is 0 Å². The van der Waals surface area contributed by atoms with E-state index in [9.17, 15) is 14.7 Å². The quantitative estimate of drug-likeness (QED) is 0.770. The molecular formula is C15H22N2O4. The Bertz CT molecular complexity index is 590. The van der Waals surface area contributed by atoms with Crippen LogP contribution in [0.25, 0.3) is 0 Å². The highest BCUT2D eigenvalue weighted by Gasteiger charge is 2.23. The first kappa shape index (κ1) is 15.7. The van der Waals surface area contributed by atoms with E-state index in [1.54, 1.807) is 20.8 Å². The van der Waals surface area contributed by atoms with Crippen molar-refractivity contribution in [2.45, 2.75) is 46.1 Å². The van der Waals surface area contributed by atoms with Crippen LogP contribution in [-0.4, -0.2) is 33.8 Å². The van der Waals surface area contributed by atoms with Crippen molar-refractivity contribution in [3.63, 3.8) is 0 Å². The Labute approximate surface area is 123 Å². The van der Waals surface area contributed by atoms with Gasteiger partial charge in [-0.25, -0.2) is 4.79 Å². The number of nitrogens with zero attached hydrogens (tertiary/aromatic N) is 2. The van der Waals surface area contributed by atoms with Crippen LogP contribution < -0.4 is 5.69 Å². The molecule has 0 bridgehead atoms. The van der Waals surface area contributed by atoms with E-state index in [1.807, 2.05) is 0 Å². The van der Waals surface area contributed by atoms with Crippen molar-refractivity contribution in [1.82, 2.24) is 9.55 Å². The molecule has 1 unspecified atom stereocenters. The first-order valence-corrected chi connectivity index (χ1v) is 7.30. The van der Waals surface area contributed by atoms with Crippen LogP contribution >= 0.6 is 0 Å². The molecule has 1 aliphatic rings. The lowest BCUT2D eigenvalue weighted by molar-refractivity contribution is -0.138. The molecule has 0 radical (unpaired) electrons. The second kappa shape index (κ2) is 6.39. The number of rotatable bonds is 7. The summed E-state index contributed by atoms with van der Waals surface area (Å²) in [6, 6.07) is 0. The van der Waals surface area contributed by atoms with Crippen molar-refractivity contribution in [3.8, 4) is 0 Å². The molecule has 0 spiro atoms. The van der Waals surface area contributed by atoms with Gasteiger partial charge in [0, 0.05) is 23.6 Å². The minimum absolute atomic E-state index is 0.346. The maximum absolute atomic E-state index is 12.0. The Morgan fingerprint density at radius 2 is 2.14 bits per heavy atom. The zero-order valence-corrected chi connectivity index (χ0v) is 12.8. The molecule has 6 heteroatoms. The molecule has 0 saturated heterocycles. The number of hydrogen-bond donors (Lipinski definition) is 1. The maximum Gasteiger partial charge on any atom is 0.348 e. The van der Waals surface area contributed by atoms with Crippen LogP contribution in [0.2, 0.25) is 0 Å². The molecule has 1 aromatic heterocycles. The number of aryl methyl sites for hydroxylation is 1. The summed E-state index contributed by atoms with van der Waals surface area (Å²) in [6.07, 6.45) is 2.46. The zero-order chi connectivity index (χ0) is 15.6. The second-order valence-electron chi connectivity index (χ2n) is 5.71. The molecule has 1 saturated carbocycles. The van der Waals surface area contributed by atoms with Crippen LogP contribution in [0.1, 0.15) is 42.6 Å². The van der Waals surface area contributed by atoms with Gasteiger partial charge in [0.25, 0.3) is 0 Å². The molecule has 0 aromatic carbocycles. The van der Waals surface area contributed by atoms with Crippen molar-refractivity contribution in [2.75, 3.05) is 13.2 Å². The van der Waals surface area contributed by atoms with Crippen molar-refractivity contribution >= 4 is 5.97 Å². The minimum Gasteiger partial charge on any atom is -0.481 e. The van der Waals surface area contributed by atoms with E-state index in [2.05, 4.69) is 4.98 Å². The molecule has 0 amide bonds. The summed E-state index contributed by atoms with van der Waals surface area (Å²) in [4.78, 5) is 27.2. The highest BCUT2D eigenvalue weighted by Crippen LogP contribution is 2.28. The van der Waals surface area contributed by atoms with E-state index in [4.69, 9.17) is 4.74 Å². The molecule has 1 heterocycles. The summed E-state index contributed by atoms with van der Waals surface area (Å²) in [7, 11) is 0.